The van der Waals surface area contributed by atoms with E-state index in [1.165, 1.54) is 12.8 Å². The number of fused-ring (bicyclic) bond motifs is 1. The third-order valence-corrected chi connectivity index (χ3v) is 2.71. The van der Waals surface area contributed by atoms with Gasteiger partial charge in [-0.15, -0.1) is 0 Å². The van der Waals surface area contributed by atoms with Crippen molar-refractivity contribution in [2.45, 2.75) is 12.8 Å². The third-order valence-electron chi connectivity index (χ3n) is 2.71. The molecule has 3 heterocycles. The fourth-order valence-electron chi connectivity index (χ4n) is 2.01. The zero-order valence-corrected chi connectivity index (χ0v) is 8.27. The summed E-state index contributed by atoms with van der Waals surface area (Å²) in [5, 5.41) is 7.73. The number of H-pyrrole nitrogens is 1. The van der Waals surface area contributed by atoms with Crippen molar-refractivity contribution < 1.29 is 0 Å². The lowest BCUT2D eigenvalue weighted by atomic mass is 10.3. The molecule has 1 aliphatic heterocycles. The maximum Gasteiger partial charge on any atom is 0.224 e. The maximum atomic E-state index is 5.65. The lowest BCUT2D eigenvalue weighted by molar-refractivity contribution is 0.942. The molecule has 78 valence electrons. The fraction of sp³-hybridized carbons (Fsp3) is 0.444. The van der Waals surface area contributed by atoms with Gasteiger partial charge in [0.05, 0.1) is 11.6 Å². The molecule has 0 spiro atoms. The van der Waals surface area contributed by atoms with Crippen LogP contribution < -0.4 is 10.6 Å². The molecule has 0 radical (unpaired) electrons. The summed E-state index contributed by atoms with van der Waals surface area (Å²) in [6.07, 6.45) is 4.18. The Labute approximate surface area is 86.5 Å². The molecule has 6 heteroatoms. The monoisotopic (exact) mass is 204 g/mol. The van der Waals surface area contributed by atoms with Crippen molar-refractivity contribution >= 4 is 22.8 Å². The summed E-state index contributed by atoms with van der Waals surface area (Å²) in [6, 6.07) is 0. The standard InChI is InChI=1S/C9H12N6/c10-9-12-7-6(5-11-14-7)8(13-9)15-3-1-2-4-15/h5H,1-4H2,(H3,10,11,12,13,14). The molecule has 0 atom stereocenters. The second-order valence-electron chi connectivity index (χ2n) is 3.73. The lowest BCUT2D eigenvalue weighted by Crippen LogP contribution is -2.20. The van der Waals surface area contributed by atoms with Gasteiger partial charge in [0.2, 0.25) is 5.95 Å². The van der Waals surface area contributed by atoms with Crippen LogP contribution in [0.4, 0.5) is 11.8 Å². The highest BCUT2D eigenvalue weighted by Gasteiger charge is 2.18. The van der Waals surface area contributed by atoms with Crippen LogP contribution >= 0.6 is 0 Å². The number of aromatic nitrogens is 4. The molecule has 2 aromatic rings. The number of hydrogen-bond donors (Lipinski definition) is 2. The Bertz CT molecular complexity index is 484. The summed E-state index contributed by atoms with van der Waals surface area (Å²) in [7, 11) is 0. The van der Waals surface area contributed by atoms with Crippen molar-refractivity contribution in [3.05, 3.63) is 6.20 Å². The van der Waals surface area contributed by atoms with Crippen molar-refractivity contribution in [3.63, 3.8) is 0 Å². The largest absolute Gasteiger partial charge is 0.368 e. The highest BCUT2D eigenvalue weighted by molar-refractivity contribution is 5.87. The van der Waals surface area contributed by atoms with Crippen LogP contribution in [0, 0.1) is 0 Å². The van der Waals surface area contributed by atoms with Crippen LogP contribution in [0.3, 0.4) is 0 Å². The van der Waals surface area contributed by atoms with Gasteiger partial charge in [-0.25, -0.2) is 0 Å². The molecule has 1 aliphatic rings. The first-order chi connectivity index (χ1) is 7.34. The molecule has 1 saturated heterocycles. The predicted octanol–water partition coefficient (Wildman–Crippen LogP) is 0.535. The molecule has 3 N–H and O–H groups in total. The van der Waals surface area contributed by atoms with Crippen LogP contribution in [-0.2, 0) is 0 Å². The molecule has 6 nitrogen and oxygen atoms in total. The van der Waals surface area contributed by atoms with E-state index in [0.717, 1.165) is 24.3 Å². The maximum absolute atomic E-state index is 5.65. The molecular weight excluding hydrogens is 192 g/mol. The molecular formula is C9H12N6. The Balaban J connectivity index is 2.18. The molecule has 0 aromatic carbocycles. The highest BCUT2D eigenvalue weighted by Crippen LogP contribution is 2.25. The summed E-state index contributed by atoms with van der Waals surface area (Å²) < 4.78 is 0. The first-order valence-corrected chi connectivity index (χ1v) is 5.06. The van der Waals surface area contributed by atoms with E-state index in [1.807, 2.05) is 0 Å². The smallest absolute Gasteiger partial charge is 0.224 e. The van der Waals surface area contributed by atoms with Crippen molar-refractivity contribution in [1.82, 2.24) is 20.2 Å². The molecule has 2 aromatic heterocycles. The molecule has 15 heavy (non-hydrogen) atoms. The zero-order chi connectivity index (χ0) is 10.3. The number of aromatic amines is 1. The van der Waals surface area contributed by atoms with E-state index in [9.17, 15) is 0 Å². The number of rotatable bonds is 1. The van der Waals surface area contributed by atoms with Crippen molar-refractivity contribution in [2.75, 3.05) is 23.7 Å². The van der Waals surface area contributed by atoms with E-state index in [1.54, 1.807) is 6.20 Å². The van der Waals surface area contributed by atoms with Crippen molar-refractivity contribution in [1.29, 1.82) is 0 Å². The normalized spacial score (nSPS) is 16.4. The average Bonchev–Trinajstić information content (AvgIpc) is 2.86. The number of nitrogen functional groups attached to an aromatic ring is 1. The molecule has 0 saturated carbocycles. The quantitative estimate of drug-likeness (QED) is 0.708. The summed E-state index contributed by atoms with van der Waals surface area (Å²) in [5.74, 6) is 1.21. The Morgan fingerprint density at radius 1 is 1.27 bits per heavy atom. The van der Waals surface area contributed by atoms with Crippen LogP contribution in [0.15, 0.2) is 6.20 Å². The average molecular weight is 204 g/mol. The van der Waals surface area contributed by atoms with Gasteiger partial charge >= 0.3 is 0 Å². The van der Waals surface area contributed by atoms with E-state index in [0.29, 0.717) is 11.6 Å². The molecule has 0 bridgehead atoms. The van der Waals surface area contributed by atoms with Crippen LogP contribution in [0.1, 0.15) is 12.8 Å². The topological polar surface area (TPSA) is 83.7 Å². The van der Waals surface area contributed by atoms with Crippen molar-refractivity contribution in [3.8, 4) is 0 Å². The number of hydrogen-bond acceptors (Lipinski definition) is 5. The Kier molecular flexibility index (Phi) is 1.74. The Hall–Kier alpha value is -1.85. The van der Waals surface area contributed by atoms with Gasteiger partial charge in [-0.3, -0.25) is 5.10 Å². The molecule has 0 unspecified atom stereocenters. The van der Waals surface area contributed by atoms with Gasteiger partial charge in [0.15, 0.2) is 5.65 Å². The second kappa shape index (κ2) is 3.08. The van der Waals surface area contributed by atoms with Crippen LogP contribution in [0.2, 0.25) is 0 Å². The van der Waals surface area contributed by atoms with Crippen LogP contribution in [0.25, 0.3) is 11.0 Å². The number of nitrogens with two attached hydrogens (primary N) is 1. The van der Waals surface area contributed by atoms with Crippen molar-refractivity contribution in [2.24, 2.45) is 0 Å². The van der Waals surface area contributed by atoms with Crippen LogP contribution in [-0.4, -0.2) is 33.3 Å². The summed E-state index contributed by atoms with van der Waals surface area (Å²) >= 11 is 0. The summed E-state index contributed by atoms with van der Waals surface area (Å²) in [4.78, 5) is 10.6. The SMILES string of the molecule is Nc1nc(N2CCCC2)c2cn[nH]c2n1. The number of nitrogens with one attached hydrogen (secondary N) is 1. The third kappa shape index (κ3) is 1.29. The minimum atomic E-state index is 0.300. The van der Waals surface area contributed by atoms with Gasteiger partial charge in [-0.05, 0) is 12.8 Å². The second-order valence-corrected chi connectivity index (χ2v) is 3.73. The molecule has 3 rings (SSSR count). The minimum Gasteiger partial charge on any atom is -0.368 e. The number of nitrogens with zero attached hydrogens (tertiary/aromatic N) is 4. The van der Waals surface area contributed by atoms with Gasteiger partial charge < -0.3 is 10.6 Å². The summed E-state index contributed by atoms with van der Waals surface area (Å²) in [5.41, 5.74) is 6.37. The van der Waals surface area contributed by atoms with Crippen LogP contribution in [0.5, 0.6) is 0 Å². The van der Waals surface area contributed by atoms with E-state index in [2.05, 4.69) is 25.1 Å². The first kappa shape index (κ1) is 8.46. The van der Waals surface area contributed by atoms with E-state index < -0.39 is 0 Å². The molecule has 0 amide bonds. The van der Waals surface area contributed by atoms with Gasteiger partial charge in [-0.1, -0.05) is 0 Å². The van der Waals surface area contributed by atoms with Gasteiger partial charge in [0.1, 0.15) is 5.82 Å². The predicted molar refractivity (Wildman–Crippen MR) is 57.5 cm³/mol. The zero-order valence-electron chi connectivity index (χ0n) is 8.27. The molecule has 0 aliphatic carbocycles. The van der Waals surface area contributed by atoms with Gasteiger partial charge in [-0.2, -0.15) is 15.1 Å². The van der Waals surface area contributed by atoms with Gasteiger partial charge in [0, 0.05) is 13.1 Å². The Morgan fingerprint density at radius 2 is 2.07 bits per heavy atom. The summed E-state index contributed by atoms with van der Waals surface area (Å²) in [6.45, 7) is 2.08. The molecule has 1 fully saturated rings. The highest BCUT2D eigenvalue weighted by atomic mass is 15.2. The minimum absolute atomic E-state index is 0.300. The van der Waals surface area contributed by atoms with E-state index >= 15 is 0 Å². The lowest BCUT2D eigenvalue weighted by Gasteiger charge is -2.16. The fourth-order valence-corrected chi connectivity index (χ4v) is 2.01. The van der Waals surface area contributed by atoms with E-state index in [-0.39, 0.29) is 0 Å². The van der Waals surface area contributed by atoms with E-state index in [4.69, 9.17) is 5.73 Å². The Morgan fingerprint density at radius 3 is 2.87 bits per heavy atom. The first-order valence-electron chi connectivity index (χ1n) is 5.06. The van der Waals surface area contributed by atoms with Gasteiger partial charge in [0.25, 0.3) is 0 Å². The number of anilines is 2.